The second kappa shape index (κ2) is 7.29. The Hall–Kier alpha value is -1.96. The maximum Gasteiger partial charge on any atom is 0.118 e. The fourth-order valence-electron chi connectivity index (χ4n) is 3.74. The van der Waals surface area contributed by atoms with E-state index in [0.717, 1.165) is 24.3 Å². The summed E-state index contributed by atoms with van der Waals surface area (Å²) in [6, 6.07) is 17.1. The summed E-state index contributed by atoms with van der Waals surface area (Å²) in [5.74, 6) is 1.81. The molecular formula is C22H30O2. The third-order valence-corrected chi connectivity index (χ3v) is 6.09. The Balaban J connectivity index is 2.52. The highest BCUT2D eigenvalue weighted by Gasteiger charge is 2.44. The minimum Gasteiger partial charge on any atom is -0.497 e. The molecule has 0 spiro atoms. The number of rotatable bonds is 7. The summed E-state index contributed by atoms with van der Waals surface area (Å²) in [7, 11) is 3.42. The van der Waals surface area contributed by atoms with Crippen molar-refractivity contribution in [3.8, 4) is 11.5 Å². The van der Waals surface area contributed by atoms with Gasteiger partial charge in [-0.2, -0.15) is 0 Å². The van der Waals surface area contributed by atoms with Gasteiger partial charge in [0.25, 0.3) is 0 Å². The highest BCUT2D eigenvalue weighted by molar-refractivity contribution is 5.41. The molecule has 2 rings (SSSR count). The van der Waals surface area contributed by atoms with Crippen LogP contribution in [0.2, 0.25) is 0 Å². The van der Waals surface area contributed by atoms with Crippen LogP contribution in [-0.2, 0) is 10.8 Å². The Kier molecular flexibility index (Phi) is 5.58. The molecule has 0 amide bonds. The van der Waals surface area contributed by atoms with E-state index in [-0.39, 0.29) is 10.8 Å². The van der Waals surface area contributed by atoms with Crippen LogP contribution in [0.4, 0.5) is 0 Å². The van der Waals surface area contributed by atoms with Crippen molar-refractivity contribution in [2.75, 3.05) is 14.2 Å². The molecule has 0 bridgehead atoms. The van der Waals surface area contributed by atoms with E-state index >= 15 is 0 Å². The standard InChI is InChI=1S/C22H30O2/c1-7-21(3,17-9-13-19(23-5)14-10-17)22(4,8-2)18-11-15-20(24-6)16-12-18/h9-16H,7-8H2,1-6H3. The highest BCUT2D eigenvalue weighted by atomic mass is 16.5. The van der Waals surface area contributed by atoms with E-state index in [9.17, 15) is 0 Å². The van der Waals surface area contributed by atoms with Crippen LogP contribution in [0.15, 0.2) is 48.5 Å². The Labute approximate surface area is 146 Å². The number of benzene rings is 2. The van der Waals surface area contributed by atoms with Gasteiger partial charge in [-0.3, -0.25) is 0 Å². The van der Waals surface area contributed by atoms with E-state index in [4.69, 9.17) is 9.47 Å². The highest BCUT2D eigenvalue weighted by Crippen LogP contribution is 2.49. The quantitative estimate of drug-likeness (QED) is 0.646. The molecule has 0 fully saturated rings. The largest absolute Gasteiger partial charge is 0.497 e. The first-order chi connectivity index (χ1) is 11.4. The van der Waals surface area contributed by atoms with Crippen LogP contribution in [0.1, 0.15) is 51.7 Å². The van der Waals surface area contributed by atoms with Crippen molar-refractivity contribution in [1.29, 1.82) is 0 Å². The van der Waals surface area contributed by atoms with Gasteiger partial charge >= 0.3 is 0 Å². The van der Waals surface area contributed by atoms with Gasteiger partial charge in [-0.15, -0.1) is 0 Å². The van der Waals surface area contributed by atoms with E-state index in [1.807, 2.05) is 0 Å². The van der Waals surface area contributed by atoms with Gasteiger partial charge < -0.3 is 9.47 Å². The second-order valence-electron chi connectivity index (χ2n) is 6.83. The molecule has 2 atom stereocenters. The molecule has 0 aliphatic rings. The first-order valence-electron chi connectivity index (χ1n) is 8.74. The van der Waals surface area contributed by atoms with Gasteiger partial charge in [-0.25, -0.2) is 0 Å². The molecule has 2 heteroatoms. The molecule has 0 aliphatic carbocycles. The molecule has 24 heavy (non-hydrogen) atoms. The van der Waals surface area contributed by atoms with Crippen molar-refractivity contribution < 1.29 is 9.47 Å². The van der Waals surface area contributed by atoms with E-state index in [0.29, 0.717) is 0 Å². The summed E-state index contributed by atoms with van der Waals surface area (Å²) >= 11 is 0. The predicted molar refractivity (Wildman–Crippen MR) is 101 cm³/mol. The van der Waals surface area contributed by atoms with Crippen LogP contribution in [0.3, 0.4) is 0 Å². The van der Waals surface area contributed by atoms with Crippen molar-refractivity contribution in [2.45, 2.75) is 51.4 Å². The second-order valence-corrected chi connectivity index (χ2v) is 6.83. The number of hydrogen-bond acceptors (Lipinski definition) is 2. The average molecular weight is 326 g/mol. The van der Waals surface area contributed by atoms with Crippen molar-refractivity contribution in [2.24, 2.45) is 0 Å². The van der Waals surface area contributed by atoms with Gasteiger partial charge in [0, 0.05) is 10.8 Å². The zero-order chi connectivity index (χ0) is 17.8. The van der Waals surface area contributed by atoms with Gasteiger partial charge in [0.2, 0.25) is 0 Å². The molecule has 0 saturated heterocycles. The van der Waals surface area contributed by atoms with Gasteiger partial charge in [0.1, 0.15) is 11.5 Å². The van der Waals surface area contributed by atoms with Gasteiger partial charge in [-0.1, -0.05) is 52.0 Å². The zero-order valence-corrected chi connectivity index (χ0v) is 15.8. The molecule has 0 aromatic heterocycles. The van der Waals surface area contributed by atoms with Gasteiger partial charge in [0.15, 0.2) is 0 Å². The summed E-state index contributed by atoms with van der Waals surface area (Å²) in [6.45, 7) is 9.31. The lowest BCUT2D eigenvalue weighted by Crippen LogP contribution is -2.44. The summed E-state index contributed by atoms with van der Waals surface area (Å²) in [5, 5.41) is 0. The first-order valence-corrected chi connectivity index (χ1v) is 8.74. The van der Waals surface area contributed by atoms with E-state index in [1.165, 1.54) is 11.1 Å². The lowest BCUT2D eigenvalue weighted by atomic mass is 9.56. The van der Waals surface area contributed by atoms with Gasteiger partial charge in [0.05, 0.1) is 14.2 Å². The lowest BCUT2D eigenvalue weighted by Gasteiger charge is -2.47. The van der Waals surface area contributed by atoms with Crippen LogP contribution in [0.25, 0.3) is 0 Å². The summed E-state index contributed by atoms with van der Waals surface area (Å²) in [5.41, 5.74) is 2.77. The molecule has 0 N–H and O–H groups in total. The SMILES string of the molecule is CCC(C)(c1ccc(OC)cc1)C(C)(CC)c1ccc(OC)cc1. The Morgan fingerprint density at radius 2 is 0.917 bits per heavy atom. The lowest BCUT2D eigenvalue weighted by molar-refractivity contribution is 0.234. The van der Waals surface area contributed by atoms with E-state index < -0.39 is 0 Å². The number of methoxy groups -OCH3 is 2. The molecule has 2 unspecified atom stereocenters. The van der Waals surface area contributed by atoms with Crippen LogP contribution in [0.5, 0.6) is 11.5 Å². The number of ether oxygens (including phenoxy) is 2. The smallest absolute Gasteiger partial charge is 0.118 e. The molecule has 0 saturated carbocycles. The molecule has 2 aromatic rings. The van der Waals surface area contributed by atoms with Crippen LogP contribution < -0.4 is 9.47 Å². The molecular weight excluding hydrogens is 296 g/mol. The van der Waals surface area contributed by atoms with Crippen molar-refractivity contribution >= 4 is 0 Å². The molecule has 2 aromatic carbocycles. The fourth-order valence-corrected chi connectivity index (χ4v) is 3.74. The maximum absolute atomic E-state index is 5.32. The van der Waals surface area contributed by atoms with Crippen molar-refractivity contribution in [1.82, 2.24) is 0 Å². The minimum absolute atomic E-state index is 0.0304. The topological polar surface area (TPSA) is 18.5 Å². The normalized spacial score (nSPS) is 16.1. The van der Waals surface area contributed by atoms with Crippen LogP contribution >= 0.6 is 0 Å². The Bertz CT molecular complexity index is 585. The van der Waals surface area contributed by atoms with Crippen LogP contribution in [0, 0.1) is 0 Å². The molecule has 0 radical (unpaired) electrons. The van der Waals surface area contributed by atoms with E-state index in [1.54, 1.807) is 14.2 Å². The molecule has 130 valence electrons. The Morgan fingerprint density at radius 1 is 0.625 bits per heavy atom. The molecule has 0 aliphatic heterocycles. The maximum atomic E-state index is 5.32. The van der Waals surface area contributed by atoms with Crippen molar-refractivity contribution in [3.05, 3.63) is 59.7 Å². The first kappa shape index (κ1) is 18.4. The summed E-state index contributed by atoms with van der Waals surface area (Å²) in [4.78, 5) is 0. The minimum atomic E-state index is 0.0304. The Morgan fingerprint density at radius 3 is 1.12 bits per heavy atom. The summed E-state index contributed by atoms with van der Waals surface area (Å²) < 4.78 is 10.6. The van der Waals surface area contributed by atoms with E-state index in [2.05, 4.69) is 76.2 Å². The fraction of sp³-hybridized carbons (Fsp3) is 0.455. The zero-order valence-electron chi connectivity index (χ0n) is 15.8. The van der Waals surface area contributed by atoms with Gasteiger partial charge in [-0.05, 0) is 48.2 Å². The predicted octanol–water partition coefficient (Wildman–Crippen LogP) is 5.74. The van der Waals surface area contributed by atoms with Crippen LogP contribution in [-0.4, -0.2) is 14.2 Å². The van der Waals surface area contributed by atoms with Crippen molar-refractivity contribution in [3.63, 3.8) is 0 Å². The third-order valence-electron chi connectivity index (χ3n) is 6.09. The monoisotopic (exact) mass is 326 g/mol. The third kappa shape index (κ3) is 3.02. The number of hydrogen-bond donors (Lipinski definition) is 0. The average Bonchev–Trinajstić information content (AvgIpc) is 2.66. The molecule has 2 nitrogen and oxygen atoms in total. The summed E-state index contributed by atoms with van der Waals surface area (Å²) in [6.07, 6.45) is 2.13. The molecule has 0 heterocycles.